The summed E-state index contributed by atoms with van der Waals surface area (Å²) in [7, 11) is 0. The second kappa shape index (κ2) is 4.50. The molecule has 0 atom stereocenters. The summed E-state index contributed by atoms with van der Waals surface area (Å²) in [5.74, 6) is 0.277. The van der Waals surface area contributed by atoms with Crippen molar-refractivity contribution in [2.75, 3.05) is 0 Å². The van der Waals surface area contributed by atoms with Crippen LogP contribution in [-0.2, 0) is 39.3 Å². The van der Waals surface area contributed by atoms with Crippen molar-refractivity contribution in [2.45, 2.75) is 26.3 Å². The van der Waals surface area contributed by atoms with E-state index in [0.717, 1.165) is 11.4 Å². The third kappa shape index (κ3) is 2.04. The van der Waals surface area contributed by atoms with Crippen molar-refractivity contribution in [1.82, 2.24) is 4.98 Å². The summed E-state index contributed by atoms with van der Waals surface area (Å²) in [6, 6.07) is 3.73. The molecule has 1 amide bonds. The van der Waals surface area contributed by atoms with E-state index in [4.69, 9.17) is 0 Å². The van der Waals surface area contributed by atoms with E-state index in [1.54, 1.807) is 0 Å². The zero-order chi connectivity index (χ0) is 9.42. The van der Waals surface area contributed by atoms with Crippen molar-refractivity contribution in [3.63, 3.8) is 0 Å². The number of carbonyl (C=O) groups is 1. The van der Waals surface area contributed by atoms with E-state index in [2.05, 4.69) is 24.1 Å². The molecule has 0 bridgehead atoms. The van der Waals surface area contributed by atoms with Crippen molar-refractivity contribution in [3.05, 3.63) is 34.4 Å². The van der Waals surface area contributed by atoms with Crippen LogP contribution in [0.25, 0.3) is 5.32 Å². The summed E-state index contributed by atoms with van der Waals surface area (Å²) in [5, 5.41) is 3.80. The van der Waals surface area contributed by atoms with E-state index in [-0.39, 0.29) is 38.6 Å². The standard InChI is InChI=1S/C10H12N2O.Y/c1-6(2)8-4-3-7-9(12-8)5-11-10(7)13;/h3-4,6H,5H2,1-2H3,(H,11,13);/p-1. The molecule has 1 aliphatic heterocycles. The van der Waals surface area contributed by atoms with Crippen LogP contribution in [-0.4, -0.2) is 10.9 Å². The largest absolute Gasteiger partial charge is 0.644 e. The Hall–Kier alpha value is -0.276. The van der Waals surface area contributed by atoms with Crippen LogP contribution in [0.3, 0.4) is 0 Å². The molecular formula is C10H11N2OY-. The fourth-order valence-electron chi connectivity index (χ4n) is 1.39. The molecule has 3 nitrogen and oxygen atoms in total. The van der Waals surface area contributed by atoms with Crippen LogP contribution < -0.4 is 0 Å². The molecule has 4 heteroatoms. The maximum atomic E-state index is 11.1. The summed E-state index contributed by atoms with van der Waals surface area (Å²) in [6.45, 7) is 4.63. The fraction of sp³-hybridized carbons (Fsp3) is 0.400. The molecular weight excluding hydrogens is 253 g/mol. The van der Waals surface area contributed by atoms with Gasteiger partial charge in [0.2, 0.25) is 0 Å². The van der Waals surface area contributed by atoms with Gasteiger partial charge in [0.25, 0.3) is 0 Å². The van der Waals surface area contributed by atoms with Gasteiger partial charge in [-0.05, 0) is 18.1 Å². The maximum Gasteiger partial charge on any atom is 0.0840 e. The average Bonchev–Trinajstić information content (AvgIpc) is 2.47. The van der Waals surface area contributed by atoms with Crippen LogP contribution in [0, 0.1) is 0 Å². The fourth-order valence-corrected chi connectivity index (χ4v) is 1.39. The molecule has 0 aromatic carbocycles. The van der Waals surface area contributed by atoms with Gasteiger partial charge in [-0.25, -0.2) is 0 Å². The Labute approximate surface area is 109 Å². The van der Waals surface area contributed by atoms with E-state index in [1.165, 1.54) is 0 Å². The molecule has 1 aromatic heterocycles. The number of pyridine rings is 1. The van der Waals surface area contributed by atoms with E-state index in [1.807, 2.05) is 12.1 Å². The number of hydrogen-bond acceptors (Lipinski definition) is 2. The first-order valence-corrected chi connectivity index (χ1v) is 4.40. The zero-order valence-corrected chi connectivity index (χ0v) is 11.2. The number of nitrogens with zero attached hydrogens (tertiary/aromatic N) is 2. The smallest absolute Gasteiger partial charge is 0.0840 e. The Balaban J connectivity index is 0.000000980. The molecule has 1 aromatic rings. The number of amides is 1. The van der Waals surface area contributed by atoms with Crippen LogP contribution >= 0.6 is 0 Å². The second-order valence-electron chi connectivity index (χ2n) is 3.51. The van der Waals surface area contributed by atoms with Crippen LogP contribution in [0.1, 0.15) is 41.5 Å². The van der Waals surface area contributed by atoms with Crippen LogP contribution in [0.5, 0.6) is 0 Å². The SMILES string of the molecule is CC(C)c1ccc2c(n1)C[N-]C2=O.[Y]. The number of fused-ring (bicyclic) bond motifs is 1. The number of rotatable bonds is 1. The molecule has 0 aliphatic carbocycles. The molecule has 0 unspecified atom stereocenters. The molecule has 0 saturated heterocycles. The van der Waals surface area contributed by atoms with Gasteiger partial charge in [0.05, 0.1) is 5.91 Å². The zero-order valence-electron chi connectivity index (χ0n) is 8.32. The van der Waals surface area contributed by atoms with Crippen molar-refractivity contribution in [2.24, 2.45) is 0 Å². The molecule has 14 heavy (non-hydrogen) atoms. The minimum atomic E-state index is -0.127. The van der Waals surface area contributed by atoms with Gasteiger partial charge in [0.15, 0.2) is 0 Å². The second-order valence-corrected chi connectivity index (χ2v) is 3.51. The monoisotopic (exact) mass is 264 g/mol. The van der Waals surface area contributed by atoms with E-state index in [0.29, 0.717) is 18.0 Å². The predicted octanol–water partition coefficient (Wildman–Crippen LogP) is 2.23. The van der Waals surface area contributed by atoms with E-state index < -0.39 is 0 Å². The van der Waals surface area contributed by atoms with Gasteiger partial charge in [-0.2, -0.15) is 0 Å². The Morgan fingerprint density at radius 1 is 1.43 bits per heavy atom. The van der Waals surface area contributed by atoms with Crippen LogP contribution in [0.4, 0.5) is 0 Å². The van der Waals surface area contributed by atoms with Crippen LogP contribution in [0.2, 0.25) is 0 Å². The summed E-state index contributed by atoms with van der Waals surface area (Å²) >= 11 is 0. The van der Waals surface area contributed by atoms with Gasteiger partial charge in [-0.15, -0.1) is 0 Å². The van der Waals surface area contributed by atoms with Crippen LogP contribution in [0.15, 0.2) is 12.1 Å². The van der Waals surface area contributed by atoms with Gasteiger partial charge in [0.1, 0.15) is 0 Å². The molecule has 0 saturated carbocycles. The van der Waals surface area contributed by atoms with E-state index in [9.17, 15) is 4.79 Å². The van der Waals surface area contributed by atoms with Crippen molar-refractivity contribution < 1.29 is 37.5 Å². The molecule has 1 radical (unpaired) electrons. The predicted molar refractivity (Wildman–Crippen MR) is 49.7 cm³/mol. The first-order chi connectivity index (χ1) is 6.18. The van der Waals surface area contributed by atoms with Gasteiger partial charge in [-0.3, -0.25) is 4.98 Å². The van der Waals surface area contributed by atoms with Gasteiger partial charge >= 0.3 is 0 Å². The Bertz CT molecular complexity index is 363. The normalized spacial score (nSPS) is 13.5. The third-order valence-corrected chi connectivity index (χ3v) is 2.19. The first-order valence-electron chi connectivity index (χ1n) is 4.40. The van der Waals surface area contributed by atoms with Crippen molar-refractivity contribution in [3.8, 4) is 0 Å². The van der Waals surface area contributed by atoms with Crippen molar-refractivity contribution >= 4 is 5.91 Å². The number of hydrogen-bond donors (Lipinski definition) is 0. The van der Waals surface area contributed by atoms with Gasteiger partial charge in [-0.1, -0.05) is 20.4 Å². The maximum absolute atomic E-state index is 11.1. The number of aromatic nitrogens is 1. The molecule has 1 aliphatic rings. The minimum absolute atomic E-state index is 0. The molecule has 0 N–H and O–H groups in total. The third-order valence-electron chi connectivity index (χ3n) is 2.19. The Kier molecular flexibility index (Phi) is 3.79. The molecule has 71 valence electrons. The summed E-state index contributed by atoms with van der Waals surface area (Å²) in [6.07, 6.45) is 0. The number of carbonyl (C=O) groups excluding carboxylic acids is 1. The van der Waals surface area contributed by atoms with E-state index >= 15 is 0 Å². The topological polar surface area (TPSA) is 44.1 Å². The molecule has 0 fully saturated rings. The Morgan fingerprint density at radius 2 is 2.14 bits per heavy atom. The summed E-state index contributed by atoms with van der Waals surface area (Å²) in [4.78, 5) is 15.5. The average molecular weight is 264 g/mol. The quantitative estimate of drug-likeness (QED) is 0.780. The molecule has 2 rings (SSSR count). The summed E-state index contributed by atoms with van der Waals surface area (Å²) in [5.41, 5.74) is 2.53. The van der Waals surface area contributed by atoms with Gasteiger partial charge < -0.3 is 10.1 Å². The Morgan fingerprint density at radius 3 is 2.79 bits per heavy atom. The first kappa shape index (κ1) is 11.8. The molecule has 0 spiro atoms. The molecule has 2 heterocycles. The minimum Gasteiger partial charge on any atom is -0.644 e. The van der Waals surface area contributed by atoms with Gasteiger partial charge in [0, 0.05) is 49.7 Å². The summed E-state index contributed by atoms with van der Waals surface area (Å²) < 4.78 is 0. The van der Waals surface area contributed by atoms with Crippen molar-refractivity contribution in [1.29, 1.82) is 0 Å².